The molecule has 134 valence electrons. The monoisotopic (exact) mass is 341 g/mol. The molecule has 5 nitrogen and oxygen atoms in total. The molecule has 25 heavy (non-hydrogen) atoms. The van der Waals surface area contributed by atoms with Crippen molar-refractivity contribution >= 4 is 11.8 Å². The van der Waals surface area contributed by atoms with Gasteiger partial charge in [0.1, 0.15) is 5.54 Å². The zero-order chi connectivity index (χ0) is 17.6. The van der Waals surface area contributed by atoms with Crippen molar-refractivity contribution in [3.63, 3.8) is 0 Å². The van der Waals surface area contributed by atoms with E-state index >= 15 is 0 Å². The molecule has 2 amide bonds. The molecule has 1 aromatic carbocycles. The minimum Gasteiger partial charge on any atom is -0.339 e. The number of fused-ring (bicyclic) bond motifs is 1. The first-order valence-corrected chi connectivity index (χ1v) is 9.38. The molecule has 1 heterocycles. The Morgan fingerprint density at radius 3 is 2.32 bits per heavy atom. The van der Waals surface area contributed by atoms with Crippen LogP contribution >= 0.6 is 0 Å². The quantitative estimate of drug-likeness (QED) is 0.836. The first-order valence-electron chi connectivity index (χ1n) is 9.38. The van der Waals surface area contributed by atoms with Crippen LogP contribution < -0.4 is 0 Å². The van der Waals surface area contributed by atoms with E-state index < -0.39 is 5.54 Å². The van der Waals surface area contributed by atoms with Crippen LogP contribution in [-0.2, 0) is 21.5 Å². The van der Waals surface area contributed by atoms with Gasteiger partial charge < -0.3 is 9.80 Å². The highest BCUT2D eigenvalue weighted by Crippen LogP contribution is 2.42. The van der Waals surface area contributed by atoms with Crippen LogP contribution in [0.15, 0.2) is 24.3 Å². The number of hydrogen-bond acceptors (Lipinski definition) is 3. The summed E-state index contributed by atoms with van der Waals surface area (Å²) >= 11 is 0. The molecule has 0 bridgehead atoms. The first-order chi connectivity index (χ1) is 12.0. The Hall–Kier alpha value is -1.88. The number of hydrogen-bond donors (Lipinski definition) is 0. The van der Waals surface area contributed by atoms with Gasteiger partial charge in [0.2, 0.25) is 11.8 Å². The van der Waals surface area contributed by atoms with Crippen molar-refractivity contribution in [2.75, 3.05) is 40.3 Å². The summed E-state index contributed by atoms with van der Waals surface area (Å²) in [6, 6.07) is 8.33. The normalized spacial score (nSPS) is 26.0. The molecule has 2 aliphatic carbocycles. The highest BCUT2D eigenvalue weighted by molar-refractivity contribution is 5.89. The molecule has 0 aromatic heterocycles. The van der Waals surface area contributed by atoms with Crippen molar-refractivity contribution in [1.29, 1.82) is 0 Å². The van der Waals surface area contributed by atoms with E-state index in [-0.39, 0.29) is 11.8 Å². The molecule has 0 radical (unpaired) electrons. The molecule has 1 atom stereocenters. The average Bonchev–Trinajstić information content (AvgIpc) is 3.41. The lowest BCUT2D eigenvalue weighted by Crippen LogP contribution is -2.59. The van der Waals surface area contributed by atoms with Gasteiger partial charge in [-0.05, 0) is 50.9 Å². The van der Waals surface area contributed by atoms with Gasteiger partial charge in [-0.1, -0.05) is 24.3 Å². The smallest absolute Gasteiger partial charge is 0.247 e. The molecular weight excluding hydrogens is 314 g/mol. The minimum atomic E-state index is -0.556. The van der Waals surface area contributed by atoms with Gasteiger partial charge in [0.15, 0.2) is 0 Å². The SMILES string of the molecule is CN(C)[C@]1(C(=O)N2CCN(C(=O)C3CC3)CC2)CCc2ccccc21. The molecule has 1 saturated carbocycles. The molecule has 4 rings (SSSR count). The van der Waals surface area contributed by atoms with Crippen LogP contribution in [0.25, 0.3) is 0 Å². The lowest BCUT2D eigenvalue weighted by molar-refractivity contribution is -0.148. The Morgan fingerprint density at radius 1 is 1.04 bits per heavy atom. The van der Waals surface area contributed by atoms with E-state index in [0.29, 0.717) is 32.1 Å². The second kappa shape index (κ2) is 6.13. The van der Waals surface area contributed by atoms with Gasteiger partial charge in [-0.3, -0.25) is 14.5 Å². The maximum Gasteiger partial charge on any atom is 0.247 e. The molecule has 0 unspecified atom stereocenters. The number of amides is 2. The van der Waals surface area contributed by atoms with Crippen LogP contribution in [0.5, 0.6) is 0 Å². The van der Waals surface area contributed by atoms with Crippen molar-refractivity contribution < 1.29 is 9.59 Å². The molecule has 5 heteroatoms. The molecule has 0 spiro atoms. The van der Waals surface area contributed by atoms with E-state index in [9.17, 15) is 9.59 Å². The number of piperazine rings is 1. The van der Waals surface area contributed by atoms with Crippen LogP contribution in [0.2, 0.25) is 0 Å². The highest BCUT2D eigenvalue weighted by atomic mass is 16.2. The van der Waals surface area contributed by atoms with E-state index in [2.05, 4.69) is 23.1 Å². The van der Waals surface area contributed by atoms with Crippen LogP contribution in [-0.4, -0.2) is 66.8 Å². The van der Waals surface area contributed by atoms with Gasteiger partial charge in [0, 0.05) is 32.1 Å². The van der Waals surface area contributed by atoms with Crippen molar-refractivity contribution in [2.45, 2.75) is 31.2 Å². The van der Waals surface area contributed by atoms with Crippen molar-refractivity contribution in [2.24, 2.45) is 5.92 Å². The van der Waals surface area contributed by atoms with Crippen LogP contribution in [0.3, 0.4) is 0 Å². The largest absolute Gasteiger partial charge is 0.339 e. The van der Waals surface area contributed by atoms with E-state index in [1.54, 1.807) is 0 Å². The molecule has 2 fully saturated rings. The van der Waals surface area contributed by atoms with Gasteiger partial charge in [0.25, 0.3) is 0 Å². The minimum absolute atomic E-state index is 0.195. The lowest BCUT2D eigenvalue weighted by atomic mass is 9.88. The van der Waals surface area contributed by atoms with Gasteiger partial charge in [-0.2, -0.15) is 0 Å². The van der Waals surface area contributed by atoms with Crippen molar-refractivity contribution in [1.82, 2.24) is 14.7 Å². The number of rotatable bonds is 3. The molecule has 1 aliphatic heterocycles. The second-order valence-corrected chi connectivity index (χ2v) is 7.80. The summed E-state index contributed by atoms with van der Waals surface area (Å²) in [5.74, 6) is 0.749. The van der Waals surface area contributed by atoms with Crippen LogP contribution in [0.4, 0.5) is 0 Å². The Morgan fingerprint density at radius 2 is 1.68 bits per heavy atom. The van der Waals surface area contributed by atoms with Gasteiger partial charge in [-0.15, -0.1) is 0 Å². The summed E-state index contributed by atoms with van der Waals surface area (Å²) in [4.78, 5) is 31.8. The fourth-order valence-electron chi connectivity index (χ4n) is 4.45. The zero-order valence-corrected chi connectivity index (χ0v) is 15.2. The molecule has 1 aromatic rings. The third kappa shape index (κ3) is 2.65. The predicted molar refractivity (Wildman–Crippen MR) is 96.0 cm³/mol. The highest BCUT2D eigenvalue weighted by Gasteiger charge is 2.49. The Bertz CT molecular complexity index is 690. The molecule has 3 aliphatic rings. The second-order valence-electron chi connectivity index (χ2n) is 7.80. The standard InChI is InChI=1S/C20H27N3O2/c1-21(2)20(10-9-15-5-3-4-6-17(15)20)19(25)23-13-11-22(12-14-23)18(24)16-7-8-16/h3-6,16H,7-14H2,1-2H3/t20-/m1/s1. The average molecular weight is 341 g/mol. The number of aryl methyl sites for hydroxylation is 1. The number of benzene rings is 1. The Balaban J connectivity index is 1.52. The molecule has 0 N–H and O–H groups in total. The van der Waals surface area contributed by atoms with E-state index in [4.69, 9.17) is 0 Å². The van der Waals surface area contributed by atoms with Gasteiger partial charge in [-0.25, -0.2) is 0 Å². The summed E-state index contributed by atoms with van der Waals surface area (Å²) in [5, 5.41) is 0. The van der Waals surface area contributed by atoms with E-state index in [1.807, 2.05) is 30.0 Å². The molecule has 1 saturated heterocycles. The molecular formula is C20H27N3O2. The summed E-state index contributed by atoms with van der Waals surface area (Å²) in [6.45, 7) is 2.64. The van der Waals surface area contributed by atoms with Crippen LogP contribution in [0.1, 0.15) is 30.4 Å². The van der Waals surface area contributed by atoms with E-state index in [0.717, 1.165) is 31.2 Å². The topological polar surface area (TPSA) is 43.9 Å². The van der Waals surface area contributed by atoms with Gasteiger partial charge >= 0.3 is 0 Å². The number of carbonyl (C=O) groups is 2. The third-order valence-corrected chi connectivity index (χ3v) is 6.14. The maximum absolute atomic E-state index is 13.5. The van der Waals surface area contributed by atoms with Crippen molar-refractivity contribution in [3.05, 3.63) is 35.4 Å². The number of nitrogens with zero attached hydrogens (tertiary/aromatic N) is 3. The van der Waals surface area contributed by atoms with Crippen molar-refractivity contribution in [3.8, 4) is 0 Å². The summed E-state index contributed by atoms with van der Waals surface area (Å²) < 4.78 is 0. The van der Waals surface area contributed by atoms with E-state index in [1.165, 1.54) is 5.56 Å². The summed E-state index contributed by atoms with van der Waals surface area (Å²) in [5.41, 5.74) is 1.88. The number of carbonyl (C=O) groups excluding carboxylic acids is 2. The Labute approximate surface area is 149 Å². The zero-order valence-electron chi connectivity index (χ0n) is 15.2. The maximum atomic E-state index is 13.5. The first kappa shape index (κ1) is 16.6. The summed E-state index contributed by atoms with van der Waals surface area (Å²) in [6.07, 6.45) is 3.86. The fraction of sp³-hybridized carbons (Fsp3) is 0.600. The van der Waals surface area contributed by atoms with Gasteiger partial charge in [0.05, 0.1) is 0 Å². The number of likely N-dealkylation sites (N-methyl/N-ethyl adjacent to an activating group) is 1. The fourth-order valence-corrected chi connectivity index (χ4v) is 4.45. The lowest BCUT2D eigenvalue weighted by Gasteiger charge is -2.43. The Kier molecular flexibility index (Phi) is 4.07. The predicted octanol–water partition coefficient (Wildman–Crippen LogP) is 1.47. The third-order valence-electron chi connectivity index (χ3n) is 6.14. The van der Waals surface area contributed by atoms with Crippen LogP contribution in [0, 0.1) is 5.92 Å². The summed E-state index contributed by atoms with van der Waals surface area (Å²) in [7, 11) is 4.01.